The molecule has 0 radical (unpaired) electrons. The predicted molar refractivity (Wildman–Crippen MR) is 101 cm³/mol. The zero-order valence-electron chi connectivity index (χ0n) is 15.9. The SMILES string of the molecule is COc1ccccc1[C@H](CNc1ccc2nnc(C(F)(F)F)n2n1)N1CCCC1. The average Bonchev–Trinajstić information content (AvgIpc) is 3.38. The minimum Gasteiger partial charge on any atom is -0.496 e. The van der Waals surface area contributed by atoms with Crippen molar-refractivity contribution < 1.29 is 17.9 Å². The number of hydrogen-bond donors (Lipinski definition) is 1. The summed E-state index contributed by atoms with van der Waals surface area (Å²) in [4.78, 5) is 2.35. The summed E-state index contributed by atoms with van der Waals surface area (Å²) in [7, 11) is 1.63. The van der Waals surface area contributed by atoms with Gasteiger partial charge in [0, 0.05) is 12.1 Å². The smallest absolute Gasteiger partial charge is 0.453 e. The molecule has 3 aromatic rings. The molecule has 0 saturated carbocycles. The van der Waals surface area contributed by atoms with Crippen molar-refractivity contribution in [2.45, 2.75) is 25.1 Å². The van der Waals surface area contributed by atoms with E-state index in [4.69, 9.17) is 4.74 Å². The Labute approximate surface area is 165 Å². The molecule has 1 atom stereocenters. The second kappa shape index (κ2) is 7.86. The summed E-state index contributed by atoms with van der Waals surface area (Å²) in [6, 6.07) is 10.9. The maximum Gasteiger partial charge on any atom is 0.453 e. The molecule has 1 aromatic carbocycles. The van der Waals surface area contributed by atoms with E-state index in [1.807, 2.05) is 24.3 Å². The number of nitrogens with zero attached hydrogens (tertiary/aromatic N) is 5. The van der Waals surface area contributed by atoms with Gasteiger partial charge >= 0.3 is 6.18 Å². The third kappa shape index (κ3) is 3.98. The topological polar surface area (TPSA) is 67.6 Å². The third-order valence-electron chi connectivity index (χ3n) is 5.07. The van der Waals surface area contributed by atoms with Crippen LogP contribution in [-0.2, 0) is 6.18 Å². The molecule has 29 heavy (non-hydrogen) atoms. The van der Waals surface area contributed by atoms with Gasteiger partial charge in [0.25, 0.3) is 5.82 Å². The van der Waals surface area contributed by atoms with E-state index in [2.05, 4.69) is 25.5 Å². The van der Waals surface area contributed by atoms with Crippen LogP contribution in [0.1, 0.15) is 30.3 Å². The Bertz CT molecular complexity index is 983. The normalized spacial score (nSPS) is 16.3. The number of benzene rings is 1. The molecule has 154 valence electrons. The third-order valence-corrected chi connectivity index (χ3v) is 5.07. The molecule has 2 aromatic heterocycles. The van der Waals surface area contributed by atoms with Crippen LogP contribution in [0.15, 0.2) is 36.4 Å². The minimum atomic E-state index is -4.62. The van der Waals surface area contributed by atoms with E-state index in [0.29, 0.717) is 12.4 Å². The number of ether oxygens (including phenoxy) is 1. The number of halogens is 3. The van der Waals surface area contributed by atoms with Crippen molar-refractivity contribution in [3.63, 3.8) is 0 Å². The lowest BCUT2D eigenvalue weighted by Gasteiger charge is -2.29. The van der Waals surface area contributed by atoms with Crippen molar-refractivity contribution in [2.75, 3.05) is 32.1 Å². The van der Waals surface area contributed by atoms with Crippen molar-refractivity contribution in [1.29, 1.82) is 0 Å². The van der Waals surface area contributed by atoms with Crippen LogP contribution in [0, 0.1) is 0 Å². The fourth-order valence-electron chi connectivity index (χ4n) is 3.69. The Morgan fingerprint density at radius 3 is 2.59 bits per heavy atom. The van der Waals surface area contributed by atoms with Gasteiger partial charge in [-0.15, -0.1) is 15.3 Å². The van der Waals surface area contributed by atoms with Crippen molar-refractivity contribution in [3.05, 3.63) is 47.8 Å². The summed E-state index contributed by atoms with van der Waals surface area (Å²) in [6.07, 6.45) is -2.39. The number of rotatable bonds is 6. The second-order valence-corrected chi connectivity index (χ2v) is 6.89. The first kappa shape index (κ1) is 19.4. The van der Waals surface area contributed by atoms with Gasteiger partial charge in [-0.05, 0) is 44.1 Å². The summed E-state index contributed by atoms with van der Waals surface area (Å²) < 4.78 is 45.5. The van der Waals surface area contributed by atoms with Gasteiger partial charge in [0.15, 0.2) is 5.65 Å². The number of nitrogens with one attached hydrogen (secondary N) is 1. The van der Waals surface area contributed by atoms with Crippen LogP contribution in [0.2, 0.25) is 0 Å². The Morgan fingerprint density at radius 2 is 1.86 bits per heavy atom. The number of anilines is 1. The molecule has 1 fully saturated rings. The molecule has 0 amide bonds. The molecule has 1 saturated heterocycles. The number of methoxy groups -OCH3 is 1. The molecule has 0 spiro atoms. The Kier molecular flexibility index (Phi) is 5.27. The first-order valence-corrected chi connectivity index (χ1v) is 9.38. The Balaban J connectivity index is 1.60. The molecule has 0 bridgehead atoms. The van der Waals surface area contributed by atoms with Crippen LogP contribution in [0.3, 0.4) is 0 Å². The number of hydrogen-bond acceptors (Lipinski definition) is 6. The van der Waals surface area contributed by atoms with Crippen LogP contribution < -0.4 is 10.1 Å². The van der Waals surface area contributed by atoms with Gasteiger partial charge in [-0.2, -0.15) is 17.7 Å². The fourth-order valence-corrected chi connectivity index (χ4v) is 3.69. The van der Waals surface area contributed by atoms with Crippen LogP contribution in [0.25, 0.3) is 5.65 Å². The molecule has 0 unspecified atom stereocenters. The summed E-state index contributed by atoms with van der Waals surface area (Å²) in [5.41, 5.74) is 1.08. The Morgan fingerprint density at radius 1 is 1.10 bits per heavy atom. The maximum atomic E-state index is 13.1. The van der Waals surface area contributed by atoms with E-state index in [1.165, 1.54) is 6.07 Å². The van der Waals surface area contributed by atoms with Crippen molar-refractivity contribution in [2.24, 2.45) is 0 Å². The first-order chi connectivity index (χ1) is 14.0. The molecular formula is C19H21F3N6O. The zero-order chi connectivity index (χ0) is 20.4. The second-order valence-electron chi connectivity index (χ2n) is 6.89. The highest BCUT2D eigenvalue weighted by atomic mass is 19.4. The van der Waals surface area contributed by atoms with E-state index in [-0.39, 0.29) is 11.7 Å². The van der Waals surface area contributed by atoms with Gasteiger partial charge < -0.3 is 10.1 Å². The van der Waals surface area contributed by atoms with Gasteiger partial charge in [0.1, 0.15) is 11.6 Å². The van der Waals surface area contributed by atoms with Crippen LogP contribution in [0.4, 0.5) is 19.0 Å². The number of para-hydroxylation sites is 1. The first-order valence-electron chi connectivity index (χ1n) is 9.38. The lowest BCUT2D eigenvalue weighted by atomic mass is 10.0. The fraction of sp³-hybridized carbons (Fsp3) is 0.421. The van der Waals surface area contributed by atoms with Crippen LogP contribution in [0.5, 0.6) is 5.75 Å². The lowest BCUT2D eigenvalue weighted by molar-refractivity contribution is -0.146. The maximum absolute atomic E-state index is 13.1. The van der Waals surface area contributed by atoms with Gasteiger partial charge in [-0.3, -0.25) is 4.90 Å². The highest BCUT2D eigenvalue weighted by Gasteiger charge is 2.37. The van der Waals surface area contributed by atoms with Gasteiger partial charge in [-0.25, -0.2) is 0 Å². The number of likely N-dealkylation sites (tertiary alicyclic amines) is 1. The summed E-state index contributed by atoms with van der Waals surface area (Å²) in [5.74, 6) is -0.0355. The summed E-state index contributed by atoms with van der Waals surface area (Å²) in [6.45, 7) is 2.39. The molecule has 1 aliphatic heterocycles. The molecule has 1 aliphatic rings. The molecule has 3 heterocycles. The standard InChI is InChI=1S/C19H21F3N6O/c1-29-15-7-3-2-6-13(15)14(27-10-4-5-11-27)12-23-16-8-9-17-24-25-18(19(20,21)22)28(17)26-16/h2-3,6-9,14H,4-5,10-12H2,1H3,(H,23,26)/t14-/m0/s1. The predicted octanol–water partition coefficient (Wildman–Crippen LogP) is 3.40. The molecule has 10 heteroatoms. The average molecular weight is 406 g/mol. The van der Waals surface area contributed by atoms with E-state index in [9.17, 15) is 13.2 Å². The molecule has 1 N–H and O–H groups in total. The van der Waals surface area contributed by atoms with Crippen molar-refractivity contribution in [3.8, 4) is 5.75 Å². The van der Waals surface area contributed by atoms with Crippen molar-refractivity contribution >= 4 is 11.5 Å². The summed E-state index contributed by atoms with van der Waals surface area (Å²) in [5, 5.41) is 14.0. The minimum absolute atomic E-state index is 0.00847. The number of alkyl halides is 3. The molecule has 7 nitrogen and oxygen atoms in total. The monoisotopic (exact) mass is 406 g/mol. The lowest BCUT2D eigenvalue weighted by Crippen LogP contribution is -2.31. The quantitative estimate of drug-likeness (QED) is 0.677. The largest absolute Gasteiger partial charge is 0.496 e. The highest BCUT2D eigenvalue weighted by molar-refractivity contribution is 5.45. The van der Waals surface area contributed by atoms with Crippen molar-refractivity contribution in [1.82, 2.24) is 24.7 Å². The molecular weight excluding hydrogens is 385 g/mol. The van der Waals surface area contributed by atoms with E-state index in [1.54, 1.807) is 13.2 Å². The number of aromatic nitrogens is 4. The van der Waals surface area contributed by atoms with Crippen LogP contribution in [-0.4, -0.2) is 51.5 Å². The summed E-state index contributed by atoms with van der Waals surface area (Å²) >= 11 is 0. The molecule has 4 rings (SSSR count). The van der Waals surface area contributed by atoms with E-state index < -0.39 is 12.0 Å². The van der Waals surface area contributed by atoms with E-state index >= 15 is 0 Å². The van der Waals surface area contributed by atoms with Gasteiger partial charge in [0.05, 0.1) is 13.2 Å². The van der Waals surface area contributed by atoms with Gasteiger partial charge in [-0.1, -0.05) is 18.2 Å². The number of fused-ring (bicyclic) bond motifs is 1. The Hall–Kier alpha value is -2.88. The molecule has 0 aliphatic carbocycles. The van der Waals surface area contributed by atoms with E-state index in [0.717, 1.165) is 41.8 Å². The van der Waals surface area contributed by atoms with Crippen LogP contribution >= 0.6 is 0 Å². The van der Waals surface area contributed by atoms with Gasteiger partial charge in [0.2, 0.25) is 0 Å². The highest BCUT2D eigenvalue weighted by Crippen LogP contribution is 2.32. The zero-order valence-corrected chi connectivity index (χ0v) is 15.9.